The lowest BCUT2D eigenvalue weighted by atomic mass is 10.0. The molecule has 1 amide bonds. The predicted molar refractivity (Wildman–Crippen MR) is 120 cm³/mol. The van der Waals surface area contributed by atoms with Gasteiger partial charge in [-0.05, 0) is 36.5 Å². The van der Waals surface area contributed by atoms with Crippen LogP contribution in [-0.2, 0) is 11.3 Å². The molecule has 1 heterocycles. The van der Waals surface area contributed by atoms with Crippen molar-refractivity contribution in [3.63, 3.8) is 0 Å². The minimum Gasteiger partial charge on any atom is -0.446 e. The van der Waals surface area contributed by atoms with Gasteiger partial charge in [-0.2, -0.15) is 4.98 Å². The van der Waals surface area contributed by atoms with Gasteiger partial charge in [0.15, 0.2) is 0 Å². The second kappa shape index (κ2) is 9.04. The number of nitrogens with zero attached hydrogens (tertiary/aromatic N) is 2. The highest BCUT2D eigenvalue weighted by Crippen LogP contribution is 2.31. The van der Waals surface area contributed by atoms with Crippen molar-refractivity contribution in [2.45, 2.75) is 44.9 Å². The second-order valence-electron chi connectivity index (χ2n) is 7.91. The first-order valence-electron chi connectivity index (χ1n) is 10.4. The molecule has 1 saturated carbocycles. The number of carbonyl (C=O) groups is 1. The normalized spacial score (nSPS) is 18.0. The average molecular weight is 418 g/mol. The number of hydrogen-bond donors (Lipinski definition) is 2. The minimum absolute atomic E-state index is 0.0392. The van der Waals surface area contributed by atoms with Crippen LogP contribution in [0.5, 0.6) is 0 Å². The number of nitrogens with two attached hydrogens (primary N) is 1. The van der Waals surface area contributed by atoms with Gasteiger partial charge in [0.2, 0.25) is 0 Å². The Morgan fingerprint density at radius 2 is 1.84 bits per heavy atom. The molecule has 0 spiro atoms. The fourth-order valence-electron chi connectivity index (χ4n) is 3.93. The molecule has 0 aliphatic heterocycles. The summed E-state index contributed by atoms with van der Waals surface area (Å²) in [5.41, 5.74) is 9.38. The van der Waals surface area contributed by atoms with Gasteiger partial charge in [-0.15, -0.1) is 0 Å². The van der Waals surface area contributed by atoms with Gasteiger partial charge in [-0.1, -0.05) is 54.6 Å². The molecule has 1 aliphatic carbocycles. The third-order valence-electron chi connectivity index (χ3n) is 5.70. The van der Waals surface area contributed by atoms with Gasteiger partial charge in [-0.25, -0.2) is 9.59 Å². The molecule has 3 N–H and O–H groups in total. The Morgan fingerprint density at radius 1 is 1.13 bits per heavy atom. The fourth-order valence-corrected chi connectivity index (χ4v) is 3.93. The Labute approximate surface area is 180 Å². The molecule has 1 aromatic heterocycles. The summed E-state index contributed by atoms with van der Waals surface area (Å²) in [6, 6.07) is 18.2. The quantitative estimate of drug-likeness (QED) is 0.656. The third-order valence-corrected chi connectivity index (χ3v) is 5.70. The van der Waals surface area contributed by atoms with Crippen LogP contribution >= 0.6 is 0 Å². The summed E-state index contributed by atoms with van der Waals surface area (Å²) in [5.74, 6) is 0.253. The number of nitrogen functional groups attached to an aromatic ring is 1. The van der Waals surface area contributed by atoms with Crippen molar-refractivity contribution < 1.29 is 9.53 Å². The SMILES string of the molecule is Cc1cn([C@H]2CC[C@H](OC(=O)NCc3ccc(-c4ccccc4)cc3)C2)c(=O)nc1N. The Morgan fingerprint density at radius 3 is 2.58 bits per heavy atom. The van der Waals surface area contributed by atoms with Gasteiger partial charge >= 0.3 is 11.8 Å². The Hall–Kier alpha value is -3.61. The van der Waals surface area contributed by atoms with Crippen LogP contribution < -0.4 is 16.7 Å². The van der Waals surface area contributed by atoms with Gasteiger partial charge < -0.3 is 15.8 Å². The van der Waals surface area contributed by atoms with E-state index in [-0.39, 0.29) is 23.7 Å². The van der Waals surface area contributed by atoms with Crippen LogP contribution in [0.4, 0.5) is 10.6 Å². The van der Waals surface area contributed by atoms with Crippen LogP contribution in [0.15, 0.2) is 65.6 Å². The van der Waals surface area contributed by atoms with Crippen molar-refractivity contribution >= 4 is 11.9 Å². The fraction of sp³-hybridized carbons (Fsp3) is 0.292. The Kier molecular flexibility index (Phi) is 6.02. The molecule has 0 bridgehead atoms. The van der Waals surface area contributed by atoms with Crippen molar-refractivity contribution in [1.82, 2.24) is 14.9 Å². The van der Waals surface area contributed by atoms with E-state index in [4.69, 9.17) is 10.5 Å². The highest BCUT2D eigenvalue weighted by atomic mass is 16.6. The van der Waals surface area contributed by atoms with Crippen molar-refractivity contribution in [3.8, 4) is 11.1 Å². The maximum Gasteiger partial charge on any atom is 0.407 e. The zero-order valence-corrected chi connectivity index (χ0v) is 17.5. The average Bonchev–Trinajstić information content (AvgIpc) is 3.24. The van der Waals surface area contributed by atoms with Gasteiger partial charge in [0, 0.05) is 30.8 Å². The molecule has 2 aromatic carbocycles. The number of alkyl carbamates (subject to hydrolysis) is 1. The lowest BCUT2D eigenvalue weighted by Crippen LogP contribution is -2.29. The maximum absolute atomic E-state index is 12.2. The number of rotatable bonds is 5. The zero-order chi connectivity index (χ0) is 21.8. The highest BCUT2D eigenvalue weighted by molar-refractivity contribution is 5.67. The van der Waals surface area contributed by atoms with Crippen LogP contribution in [0.1, 0.15) is 36.4 Å². The van der Waals surface area contributed by atoms with Crippen LogP contribution in [0.2, 0.25) is 0 Å². The number of aromatic nitrogens is 2. The largest absolute Gasteiger partial charge is 0.446 e. The molecule has 4 rings (SSSR count). The van der Waals surface area contributed by atoms with Gasteiger partial charge in [-0.3, -0.25) is 4.57 Å². The summed E-state index contributed by atoms with van der Waals surface area (Å²) in [5, 5.41) is 2.81. The van der Waals surface area contributed by atoms with E-state index in [1.54, 1.807) is 10.8 Å². The summed E-state index contributed by atoms with van der Waals surface area (Å²) in [6.45, 7) is 2.21. The van der Waals surface area contributed by atoms with Crippen molar-refractivity contribution in [1.29, 1.82) is 0 Å². The minimum atomic E-state index is -0.447. The number of amides is 1. The molecule has 7 nitrogen and oxygen atoms in total. The van der Waals surface area contributed by atoms with Crippen LogP contribution in [-0.4, -0.2) is 21.7 Å². The van der Waals surface area contributed by atoms with Crippen molar-refractivity contribution in [3.05, 3.63) is 82.4 Å². The number of anilines is 1. The number of aryl methyl sites for hydroxylation is 1. The summed E-state index contributed by atoms with van der Waals surface area (Å²) in [6.07, 6.45) is 3.11. The lowest BCUT2D eigenvalue weighted by molar-refractivity contribution is 0.0984. The number of ether oxygens (including phenoxy) is 1. The molecular formula is C24H26N4O3. The lowest BCUT2D eigenvalue weighted by Gasteiger charge is -2.16. The van der Waals surface area contributed by atoms with E-state index in [0.717, 1.165) is 28.7 Å². The number of benzene rings is 2. The molecule has 1 fully saturated rings. The van der Waals surface area contributed by atoms with E-state index in [1.807, 2.05) is 49.4 Å². The smallest absolute Gasteiger partial charge is 0.407 e. The number of nitrogens with one attached hydrogen (secondary N) is 1. The van der Waals surface area contributed by atoms with Crippen molar-refractivity contribution in [2.75, 3.05) is 5.73 Å². The number of carbonyl (C=O) groups excluding carboxylic acids is 1. The molecular weight excluding hydrogens is 392 g/mol. The van der Waals surface area contributed by atoms with E-state index < -0.39 is 6.09 Å². The van der Waals surface area contributed by atoms with E-state index in [0.29, 0.717) is 19.4 Å². The molecule has 7 heteroatoms. The monoisotopic (exact) mass is 418 g/mol. The van der Waals surface area contributed by atoms with Crippen LogP contribution in [0.3, 0.4) is 0 Å². The van der Waals surface area contributed by atoms with E-state index in [2.05, 4.69) is 22.4 Å². The van der Waals surface area contributed by atoms with E-state index in [9.17, 15) is 9.59 Å². The van der Waals surface area contributed by atoms with Gasteiger partial charge in [0.05, 0.1) is 0 Å². The topological polar surface area (TPSA) is 99.2 Å². The Balaban J connectivity index is 1.28. The second-order valence-corrected chi connectivity index (χ2v) is 7.91. The summed E-state index contributed by atoms with van der Waals surface area (Å²) in [7, 11) is 0. The maximum atomic E-state index is 12.2. The van der Waals surface area contributed by atoms with Crippen LogP contribution in [0, 0.1) is 6.92 Å². The molecule has 0 radical (unpaired) electrons. The molecule has 1 aliphatic rings. The summed E-state index contributed by atoms with van der Waals surface area (Å²) >= 11 is 0. The molecule has 3 aromatic rings. The molecule has 0 unspecified atom stereocenters. The Bertz CT molecular complexity index is 1110. The van der Waals surface area contributed by atoms with E-state index >= 15 is 0 Å². The third kappa shape index (κ3) is 4.94. The van der Waals surface area contributed by atoms with Gasteiger partial charge in [0.25, 0.3) is 0 Å². The van der Waals surface area contributed by atoms with Gasteiger partial charge in [0.1, 0.15) is 11.9 Å². The zero-order valence-electron chi connectivity index (χ0n) is 17.5. The standard InChI is InChI=1S/C24H26N4O3/c1-16-15-28(23(29)27-22(16)25)20-11-12-21(13-20)31-24(30)26-14-17-7-9-19(10-8-17)18-5-3-2-4-6-18/h2-10,15,20-21H,11-14H2,1H3,(H,26,30)(H2,25,27,29)/t20-,21-/m0/s1. The summed E-state index contributed by atoms with van der Waals surface area (Å²) in [4.78, 5) is 28.2. The molecule has 0 saturated heterocycles. The van der Waals surface area contributed by atoms with E-state index in [1.165, 1.54) is 0 Å². The molecule has 2 atom stereocenters. The first kappa shape index (κ1) is 20.7. The predicted octanol–water partition coefficient (Wildman–Crippen LogP) is 3.82. The summed E-state index contributed by atoms with van der Waals surface area (Å²) < 4.78 is 7.16. The van der Waals surface area contributed by atoms with Crippen molar-refractivity contribution in [2.24, 2.45) is 0 Å². The number of hydrogen-bond acceptors (Lipinski definition) is 5. The highest BCUT2D eigenvalue weighted by Gasteiger charge is 2.29. The first-order chi connectivity index (χ1) is 15.0. The molecule has 31 heavy (non-hydrogen) atoms. The van der Waals surface area contributed by atoms with Crippen LogP contribution in [0.25, 0.3) is 11.1 Å². The first-order valence-corrected chi connectivity index (χ1v) is 10.4. The molecule has 160 valence electrons.